The highest BCUT2D eigenvalue weighted by Gasteiger charge is 2.32. The Balaban J connectivity index is 2.23. The molecule has 0 aliphatic heterocycles. The molecule has 2 unspecified atom stereocenters. The third-order valence-corrected chi connectivity index (χ3v) is 4.75. The summed E-state index contributed by atoms with van der Waals surface area (Å²) in [4.78, 5) is 24.3. The highest BCUT2D eigenvalue weighted by atomic mass is 16.5. The van der Waals surface area contributed by atoms with Crippen LogP contribution in [0, 0.1) is 17.8 Å². The first-order valence-electron chi connectivity index (χ1n) is 9.87. The average Bonchev–Trinajstić information content (AvgIpc) is 2.58. The fraction of sp³-hybridized carbons (Fsp3) is 0.900. The maximum Gasteiger partial charge on any atom is 0.308 e. The Labute approximate surface area is 147 Å². The van der Waals surface area contributed by atoms with Gasteiger partial charge in [0.1, 0.15) is 0 Å². The fourth-order valence-electron chi connectivity index (χ4n) is 3.21. The van der Waals surface area contributed by atoms with Gasteiger partial charge < -0.3 is 9.47 Å². The van der Waals surface area contributed by atoms with Crippen molar-refractivity contribution in [2.24, 2.45) is 17.8 Å². The van der Waals surface area contributed by atoms with Crippen molar-refractivity contribution in [3.63, 3.8) is 0 Å². The molecule has 0 N–H and O–H groups in total. The lowest BCUT2D eigenvalue weighted by Crippen LogP contribution is -2.30. The number of hydrogen-bond acceptors (Lipinski definition) is 4. The van der Waals surface area contributed by atoms with E-state index in [1.807, 2.05) is 0 Å². The van der Waals surface area contributed by atoms with Crippen LogP contribution in [0.15, 0.2) is 0 Å². The quantitative estimate of drug-likeness (QED) is 0.397. The summed E-state index contributed by atoms with van der Waals surface area (Å²) >= 11 is 0. The third-order valence-electron chi connectivity index (χ3n) is 4.75. The van der Waals surface area contributed by atoms with E-state index in [0.717, 1.165) is 51.4 Å². The van der Waals surface area contributed by atoms with Crippen LogP contribution < -0.4 is 0 Å². The Hall–Kier alpha value is -1.06. The van der Waals surface area contributed by atoms with Gasteiger partial charge in [0.15, 0.2) is 0 Å². The third kappa shape index (κ3) is 8.70. The van der Waals surface area contributed by atoms with Crippen molar-refractivity contribution in [3.8, 4) is 0 Å². The second-order valence-corrected chi connectivity index (χ2v) is 7.49. The Morgan fingerprint density at radius 3 is 1.96 bits per heavy atom. The van der Waals surface area contributed by atoms with Crippen molar-refractivity contribution in [2.75, 3.05) is 13.2 Å². The van der Waals surface area contributed by atoms with Gasteiger partial charge in [0, 0.05) is 0 Å². The van der Waals surface area contributed by atoms with Gasteiger partial charge in [-0.1, -0.05) is 46.5 Å². The molecule has 1 saturated carbocycles. The number of carbonyl (C=O) groups excluding carboxylic acids is 2. The zero-order valence-corrected chi connectivity index (χ0v) is 15.9. The number of rotatable bonds is 11. The summed E-state index contributed by atoms with van der Waals surface area (Å²) in [6.45, 7) is 7.55. The zero-order chi connectivity index (χ0) is 17.8. The van der Waals surface area contributed by atoms with Crippen molar-refractivity contribution in [2.45, 2.75) is 85.0 Å². The molecule has 0 aromatic carbocycles. The van der Waals surface area contributed by atoms with Gasteiger partial charge in [-0.05, 0) is 44.4 Å². The summed E-state index contributed by atoms with van der Waals surface area (Å²) in [5.74, 6) is 0.197. The van der Waals surface area contributed by atoms with E-state index in [1.54, 1.807) is 0 Å². The highest BCUT2D eigenvalue weighted by molar-refractivity contribution is 5.76. The first-order valence-corrected chi connectivity index (χ1v) is 9.87. The van der Waals surface area contributed by atoms with Gasteiger partial charge in [0.2, 0.25) is 0 Å². The van der Waals surface area contributed by atoms with Crippen LogP contribution in [0.2, 0.25) is 0 Å². The first-order chi connectivity index (χ1) is 11.5. The van der Waals surface area contributed by atoms with E-state index in [9.17, 15) is 9.59 Å². The summed E-state index contributed by atoms with van der Waals surface area (Å²) < 4.78 is 10.8. The predicted octanol–water partition coefficient (Wildman–Crippen LogP) is 4.90. The standard InChI is InChI=1S/C20H36O4/c1-4-5-7-13-23-19(21)17-11-9-12-18(15-17)20(22)24-14-8-6-10-16(2)3/h16-18H,4-15H2,1-3H3. The molecule has 140 valence electrons. The Bertz CT molecular complexity index is 365. The summed E-state index contributed by atoms with van der Waals surface area (Å²) in [6, 6.07) is 0. The van der Waals surface area contributed by atoms with Crippen LogP contribution in [0.25, 0.3) is 0 Å². The van der Waals surface area contributed by atoms with Crippen LogP contribution in [0.1, 0.15) is 85.0 Å². The topological polar surface area (TPSA) is 52.6 Å². The van der Waals surface area contributed by atoms with Crippen molar-refractivity contribution in [3.05, 3.63) is 0 Å². The molecule has 4 heteroatoms. The second-order valence-electron chi connectivity index (χ2n) is 7.49. The minimum Gasteiger partial charge on any atom is -0.465 e. The first kappa shape index (κ1) is 21.0. The van der Waals surface area contributed by atoms with E-state index >= 15 is 0 Å². The minimum atomic E-state index is -0.128. The van der Waals surface area contributed by atoms with E-state index < -0.39 is 0 Å². The molecule has 0 bridgehead atoms. The van der Waals surface area contributed by atoms with Gasteiger partial charge in [-0.2, -0.15) is 0 Å². The fourth-order valence-corrected chi connectivity index (χ4v) is 3.21. The van der Waals surface area contributed by atoms with E-state index in [2.05, 4.69) is 20.8 Å². The van der Waals surface area contributed by atoms with Crippen LogP contribution in [-0.2, 0) is 19.1 Å². The molecule has 1 aliphatic rings. The molecule has 0 amide bonds. The lowest BCUT2D eigenvalue weighted by molar-refractivity contribution is -0.155. The van der Waals surface area contributed by atoms with Crippen molar-refractivity contribution in [1.82, 2.24) is 0 Å². The number of esters is 2. The summed E-state index contributed by atoms with van der Waals surface area (Å²) in [5.41, 5.74) is 0. The molecule has 24 heavy (non-hydrogen) atoms. The lowest BCUT2D eigenvalue weighted by atomic mass is 9.81. The average molecular weight is 341 g/mol. The molecule has 2 atom stereocenters. The molecule has 0 heterocycles. The second kappa shape index (κ2) is 12.3. The Morgan fingerprint density at radius 1 is 0.917 bits per heavy atom. The Kier molecular flexibility index (Phi) is 10.8. The van der Waals surface area contributed by atoms with Gasteiger partial charge in [-0.15, -0.1) is 0 Å². The van der Waals surface area contributed by atoms with E-state index in [4.69, 9.17) is 9.47 Å². The van der Waals surface area contributed by atoms with Gasteiger partial charge >= 0.3 is 11.9 Å². The predicted molar refractivity (Wildman–Crippen MR) is 95.6 cm³/mol. The molecule has 0 saturated heterocycles. The summed E-state index contributed by atoms with van der Waals surface area (Å²) in [7, 11) is 0. The largest absolute Gasteiger partial charge is 0.465 e. The summed E-state index contributed by atoms with van der Waals surface area (Å²) in [6.07, 6.45) is 9.51. The van der Waals surface area contributed by atoms with Crippen molar-refractivity contribution >= 4 is 11.9 Å². The molecule has 0 aromatic heterocycles. The van der Waals surface area contributed by atoms with E-state index in [0.29, 0.717) is 25.6 Å². The molecule has 1 fully saturated rings. The van der Waals surface area contributed by atoms with Crippen LogP contribution in [0.3, 0.4) is 0 Å². The maximum absolute atomic E-state index is 12.2. The Morgan fingerprint density at radius 2 is 1.46 bits per heavy atom. The van der Waals surface area contributed by atoms with E-state index in [-0.39, 0.29) is 23.8 Å². The van der Waals surface area contributed by atoms with Gasteiger partial charge in [0.25, 0.3) is 0 Å². The molecular weight excluding hydrogens is 304 g/mol. The SMILES string of the molecule is CCCCCOC(=O)C1CCCC(C(=O)OCCCCC(C)C)C1. The van der Waals surface area contributed by atoms with Gasteiger partial charge in [0.05, 0.1) is 25.0 Å². The smallest absolute Gasteiger partial charge is 0.308 e. The number of hydrogen-bond donors (Lipinski definition) is 0. The normalized spacial score (nSPS) is 20.8. The molecule has 1 aliphatic carbocycles. The number of carbonyl (C=O) groups is 2. The van der Waals surface area contributed by atoms with Crippen LogP contribution in [0.4, 0.5) is 0 Å². The molecule has 0 spiro atoms. The molecule has 0 aromatic rings. The number of unbranched alkanes of at least 4 members (excludes halogenated alkanes) is 3. The van der Waals surface area contributed by atoms with Gasteiger partial charge in [-0.25, -0.2) is 0 Å². The van der Waals surface area contributed by atoms with E-state index in [1.165, 1.54) is 6.42 Å². The molecule has 4 nitrogen and oxygen atoms in total. The van der Waals surface area contributed by atoms with Crippen LogP contribution >= 0.6 is 0 Å². The number of ether oxygens (including phenoxy) is 2. The molecular formula is C20H36O4. The maximum atomic E-state index is 12.2. The summed E-state index contributed by atoms with van der Waals surface area (Å²) in [5, 5.41) is 0. The minimum absolute atomic E-state index is 0.122. The zero-order valence-electron chi connectivity index (χ0n) is 15.9. The monoisotopic (exact) mass is 340 g/mol. The lowest BCUT2D eigenvalue weighted by Gasteiger charge is -2.26. The molecule has 0 radical (unpaired) electrons. The van der Waals surface area contributed by atoms with Crippen LogP contribution in [0.5, 0.6) is 0 Å². The van der Waals surface area contributed by atoms with Gasteiger partial charge in [-0.3, -0.25) is 9.59 Å². The van der Waals surface area contributed by atoms with Crippen molar-refractivity contribution in [1.29, 1.82) is 0 Å². The van der Waals surface area contributed by atoms with Crippen molar-refractivity contribution < 1.29 is 19.1 Å². The van der Waals surface area contributed by atoms with Crippen LogP contribution in [-0.4, -0.2) is 25.2 Å². The molecule has 1 rings (SSSR count). The highest BCUT2D eigenvalue weighted by Crippen LogP contribution is 2.31.